The number of nitrogens with zero attached hydrogens (tertiary/aromatic N) is 2. The van der Waals surface area contributed by atoms with Crippen molar-refractivity contribution < 1.29 is 9.15 Å². The number of ether oxygens (including phenoxy) is 1. The van der Waals surface area contributed by atoms with E-state index in [0.29, 0.717) is 12.5 Å². The summed E-state index contributed by atoms with van der Waals surface area (Å²) >= 11 is 0. The van der Waals surface area contributed by atoms with Gasteiger partial charge in [0.1, 0.15) is 12.4 Å². The molecule has 3 rings (SSSR count). The van der Waals surface area contributed by atoms with Crippen LogP contribution in [0.15, 0.2) is 59.3 Å². The van der Waals surface area contributed by atoms with Crippen LogP contribution in [0.1, 0.15) is 31.9 Å². The van der Waals surface area contributed by atoms with Crippen molar-refractivity contribution in [3.05, 3.63) is 66.1 Å². The van der Waals surface area contributed by atoms with Crippen LogP contribution >= 0.6 is 0 Å². The van der Waals surface area contributed by atoms with E-state index in [9.17, 15) is 0 Å². The summed E-state index contributed by atoms with van der Waals surface area (Å²) in [5.74, 6) is 1.40. The van der Waals surface area contributed by atoms with Crippen LogP contribution in [0.4, 0.5) is 0 Å². The van der Waals surface area contributed by atoms with Gasteiger partial charge in [-0.1, -0.05) is 45.0 Å². The minimum Gasteiger partial charge on any atom is -0.489 e. The molecule has 0 atom stereocenters. The van der Waals surface area contributed by atoms with Gasteiger partial charge in [0.05, 0.1) is 0 Å². The minimum absolute atomic E-state index is 0.156. The summed E-state index contributed by atoms with van der Waals surface area (Å²) in [5.41, 5.74) is 3.45. The molecule has 118 valence electrons. The summed E-state index contributed by atoms with van der Waals surface area (Å²) in [6, 6.07) is 16.2. The fraction of sp³-hybridized carbons (Fsp3) is 0.263. The van der Waals surface area contributed by atoms with E-state index in [-0.39, 0.29) is 5.41 Å². The molecule has 3 aromatic rings. The Morgan fingerprint density at radius 1 is 0.957 bits per heavy atom. The smallest absolute Gasteiger partial charge is 0.247 e. The van der Waals surface area contributed by atoms with Crippen molar-refractivity contribution in [1.82, 2.24) is 10.2 Å². The molecule has 4 heteroatoms. The van der Waals surface area contributed by atoms with Crippen molar-refractivity contribution in [2.75, 3.05) is 0 Å². The first-order chi connectivity index (χ1) is 11.0. The van der Waals surface area contributed by atoms with Crippen LogP contribution in [0.2, 0.25) is 0 Å². The summed E-state index contributed by atoms with van der Waals surface area (Å²) in [5, 5.41) is 7.57. The Morgan fingerprint density at radius 2 is 1.65 bits per heavy atom. The van der Waals surface area contributed by atoms with E-state index in [4.69, 9.17) is 9.15 Å². The van der Waals surface area contributed by atoms with Crippen LogP contribution in [0.25, 0.3) is 11.5 Å². The second-order valence-electron chi connectivity index (χ2n) is 6.50. The van der Waals surface area contributed by atoms with Gasteiger partial charge in [0.2, 0.25) is 12.3 Å². The van der Waals surface area contributed by atoms with Crippen molar-refractivity contribution in [2.45, 2.75) is 32.8 Å². The molecular weight excluding hydrogens is 288 g/mol. The summed E-state index contributed by atoms with van der Waals surface area (Å²) in [7, 11) is 0. The Morgan fingerprint density at radius 3 is 2.22 bits per heavy atom. The van der Waals surface area contributed by atoms with Crippen LogP contribution in [-0.2, 0) is 12.0 Å². The van der Waals surface area contributed by atoms with Gasteiger partial charge in [-0.05, 0) is 40.8 Å². The molecule has 2 aromatic carbocycles. The molecular formula is C19H20N2O2. The summed E-state index contributed by atoms with van der Waals surface area (Å²) in [6.45, 7) is 7.13. The Labute approximate surface area is 136 Å². The molecule has 0 saturated carbocycles. The molecule has 0 aliphatic rings. The predicted molar refractivity (Wildman–Crippen MR) is 89.2 cm³/mol. The lowest BCUT2D eigenvalue weighted by Gasteiger charge is -2.19. The van der Waals surface area contributed by atoms with Gasteiger partial charge < -0.3 is 9.15 Å². The summed E-state index contributed by atoms with van der Waals surface area (Å²) in [4.78, 5) is 0. The highest BCUT2D eigenvalue weighted by Gasteiger charge is 2.13. The van der Waals surface area contributed by atoms with Gasteiger partial charge in [-0.15, -0.1) is 10.2 Å². The zero-order valence-corrected chi connectivity index (χ0v) is 13.6. The molecule has 23 heavy (non-hydrogen) atoms. The quantitative estimate of drug-likeness (QED) is 0.706. The number of rotatable bonds is 4. The largest absolute Gasteiger partial charge is 0.489 e. The van der Waals surface area contributed by atoms with Crippen LogP contribution in [0, 0.1) is 0 Å². The van der Waals surface area contributed by atoms with E-state index in [1.165, 1.54) is 12.0 Å². The molecule has 0 fully saturated rings. The van der Waals surface area contributed by atoms with Crippen LogP contribution in [0.3, 0.4) is 0 Å². The molecule has 0 bridgehead atoms. The Bertz CT molecular complexity index is 740. The second-order valence-corrected chi connectivity index (χ2v) is 6.50. The third-order valence-electron chi connectivity index (χ3n) is 3.69. The number of hydrogen-bond acceptors (Lipinski definition) is 4. The maximum atomic E-state index is 5.84. The lowest BCUT2D eigenvalue weighted by atomic mass is 9.87. The number of aromatic nitrogens is 2. The Kier molecular flexibility index (Phi) is 4.15. The maximum absolute atomic E-state index is 5.84. The van der Waals surface area contributed by atoms with Gasteiger partial charge in [0, 0.05) is 5.56 Å². The summed E-state index contributed by atoms with van der Waals surface area (Å²) < 4.78 is 11.0. The Hall–Kier alpha value is -2.62. The summed E-state index contributed by atoms with van der Waals surface area (Å²) in [6.07, 6.45) is 1.33. The average molecular weight is 308 g/mol. The van der Waals surface area contributed by atoms with E-state index < -0.39 is 0 Å². The van der Waals surface area contributed by atoms with Gasteiger partial charge in [-0.3, -0.25) is 0 Å². The topological polar surface area (TPSA) is 48.2 Å². The molecule has 4 nitrogen and oxygen atoms in total. The minimum atomic E-state index is 0.156. The van der Waals surface area contributed by atoms with Crippen LogP contribution < -0.4 is 4.74 Å². The van der Waals surface area contributed by atoms with Gasteiger partial charge in [-0.25, -0.2) is 0 Å². The van der Waals surface area contributed by atoms with Crippen molar-refractivity contribution in [3.8, 4) is 17.2 Å². The lowest BCUT2D eigenvalue weighted by molar-refractivity contribution is 0.306. The third kappa shape index (κ3) is 3.77. The molecule has 0 saturated heterocycles. The molecule has 0 radical (unpaired) electrons. The van der Waals surface area contributed by atoms with E-state index in [1.807, 2.05) is 36.4 Å². The fourth-order valence-corrected chi connectivity index (χ4v) is 2.26. The Balaban J connectivity index is 1.62. The van der Waals surface area contributed by atoms with Gasteiger partial charge in [0.15, 0.2) is 0 Å². The van der Waals surface area contributed by atoms with Gasteiger partial charge in [-0.2, -0.15) is 0 Å². The molecule has 1 heterocycles. The number of benzene rings is 2. The van der Waals surface area contributed by atoms with Gasteiger partial charge in [0.25, 0.3) is 0 Å². The van der Waals surface area contributed by atoms with Crippen molar-refractivity contribution >= 4 is 0 Å². The maximum Gasteiger partial charge on any atom is 0.247 e. The van der Waals surface area contributed by atoms with E-state index in [0.717, 1.165) is 16.9 Å². The first-order valence-electron chi connectivity index (χ1n) is 7.61. The monoisotopic (exact) mass is 308 g/mol. The normalized spacial score (nSPS) is 11.4. The molecule has 1 aromatic heterocycles. The SMILES string of the molecule is CC(C)(C)c1ccc(OCc2ccc(-c3nnco3)cc2)cc1. The predicted octanol–water partition coefficient (Wildman–Crippen LogP) is 4.61. The lowest BCUT2D eigenvalue weighted by Crippen LogP contribution is -2.10. The highest BCUT2D eigenvalue weighted by Crippen LogP contribution is 2.25. The zero-order chi connectivity index (χ0) is 16.3. The molecule has 0 aliphatic carbocycles. The second kappa shape index (κ2) is 6.24. The van der Waals surface area contributed by atoms with E-state index in [2.05, 4.69) is 43.1 Å². The van der Waals surface area contributed by atoms with Crippen molar-refractivity contribution in [1.29, 1.82) is 0 Å². The molecule has 0 aliphatic heterocycles. The van der Waals surface area contributed by atoms with E-state index >= 15 is 0 Å². The van der Waals surface area contributed by atoms with Crippen LogP contribution in [0.5, 0.6) is 5.75 Å². The number of hydrogen-bond donors (Lipinski definition) is 0. The highest BCUT2D eigenvalue weighted by atomic mass is 16.5. The van der Waals surface area contributed by atoms with E-state index in [1.54, 1.807) is 0 Å². The van der Waals surface area contributed by atoms with Crippen molar-refractivity contribution in [2.24, 2.45) is 0 Å². The molecule has 0 unspecified atom stereocenters. The van der Waals surface area contributed by atoms with Crippen molar-refractivity contribution in [3.63, 3.8) is 0 Å². The fourth-order valence-electron chi connectivity index (χ4n) is 2.26. The zero-order valence-electron chi connectivity index (χ0n) is 13.6. The van der Waals surface area contributed by atoms with Gasteiger partial charge >= 0.3 is 0 Å². The highest BCUT2D eigenvalue weighted by molar-refractivity contribution is 5.52. The molecule has 0 N–H and O–H groups in total. The third-order valence-corrected chi connectivity index (χ3v) is 3.69. The molecule has 0 spiro atoms. The average Bonchev–Trinajstić information content (AvgIpc) is 3.07. The van der Waals surface area contributed by atoms with Crippen LogP contribution in [-0.4, -0.2) is 10.2 Å². The first kappa shape index (κ1) is 15.3. The standard InChI is InChI=1S/C19H20N2O2/c1-19(2,3)16-8-10-17(11-9-16)22-12-14-4-6-15(7-5-14)18-21-20-13-23-18/h4-11,13H,12H2,1-3H3. The molecule has 0 amide bonds. The first-order valence-corrected chi connectivity index (χ1v) is 7.61.